The summed E-state index contributed by atoms with van der Waals surface area (Å²) >= 11 is 0. The largest absolute Gasteiger partial charge is 0.463 e. The van der Waals surface area contributed by atoms with Gasteiger partial charge in [-0.2, -0.15) is 15.0 Å². The molecule has 2 N–H and O–H groups in total. The first kappa shape index (κ1) is 11.5. The Balaban J connectivity index is 2.79. The van der Waals surface area contributed by atoms with E-state index in [1.165, 1.54) is 0 Å². The van der Waals surface area contributed by atoms with Crippen LogP contribution >= 0.6 is 0 Å². The zero-order valence-electron chi connectivity index (χ0n) is 9.56. The van der Waals surface area contributed by atoms with Crippen molar-refractivity contribution >= 4 is 11.9 Å². The summed E-state index contributed by atoms with van der Waals surface area (Å²) in [5.74, 6) is 1.10. The number of nitrogens with two attached hydrogens (primary N) is 1. The molecule has 1 aromatic heterocycles. The lowest BCUT2D eigenvalue weighted by Gasteiger charge is -2.12. The highest BCUT2D eigenvalue weighted by atomic mass is 16.5. The van der Waals surface area contributed by atoms with Crippen molar-refractivity contribution in [2.75, 3.05) is 31.3 Å². The lowest BCUT2D eigenvalue weighted by atomic mass is 10.2. The Kier molecular flexibility index (Phi) is 3.65. The standard InChI is InChI=1S/C9H17N5O/c1-6(2)5-15-9-12-7(10)11-8(13-9)14(3)4/h6H,5H2,1-4H3,(H2,10,11,12,13). The Morgan fingerprint density at radius 1 is 1.27 bits per heavy atom. The van der Waals surface area contributed by atoms with E-state index in [1.807, 2.05) is 14.1 Å². The van der Waals surface area contributed by atoms with E-state index in [2.05, 4.69) is 28.8 Å². The number of rotatable bonds is 4. The van der Waals surface area contributed by atoms with Crippen LogP contribution < -0.4 is 15.4 Å². The summed E-state index contributed by atoms with van der Waals surface area (Å²) in [6.45, 7) is 4.67. The van der Waals surface area contributed by atoms with Crippen molar-refractivity contribution in [3.8, 4) is 6.01 Å². The highest BCUT2D eigenvalue weighted by molar-refractivity contribution is 5.33. The van der Waals surface area contributed by atoms with Gasteiger partial charge >= 0.3 is 6.01 Å². The number of ether oxygens (including phenoxy) is 1. The van der Waals surface area contributed by atoms with Crippen LogP contribution in [0.4, 0.5) is 11.9 Å². The second kappa shape index (κ2) is 4.77. The monoisotopic (exact) mass is 211 g/mol. The number of nitrogen functional groups attached to an aromatic ring is 1. The number of aromatic nitrogens is 3. The summed E-state index contributed by atoms with van der Waals surface area (Å²) in [4.78, 5) is 13.7. The Morgan fingerprint density at radius 3 is 2.47 bits per heavy atom. The third kappa shape index (κ3) is 3.57. The zero-order valence-corrected chi connectivity index (χ0v) is 9.56. The molecule has 1 aromatic rings. The molecule has 1 rings (SSSR count). The predicted molar refractivity (Wildman–Crippen MR) is 58.9 cm³/mol. The molecule has 0 bridgehead atoms. The van der Waals surface area contributed by atoms with Crippen LogP contribution in [0.25, 0.3) is 0 Å². The quantitative estimate of drug-likeness (QED) is 0.784. The van der Waals surface area contributed by atoms with E-state index in [9.17, 15) is 0 Å². The fourth-order valence-electron chi connectivity index (χ4n) is 0.867. The van der Waals surface area contributed by atoms with Crippen LogP contribution in [0.1, 0.15) is 13.8 Å². The molecular weight excluding hydrogens is 194 g/mol. The average Bonchev–Trinajstić information content (AvgIpc) is 2.13. The average molecular weight is 211 g/mol. The molecule has 6 nitrogen and oxygen atoms in total. The van der Waals surface area contributed by atoms with Crippen LogP contribution in [-0.2, 0) is 0 Å². The van der Waals surface area contributed by atoms with Crippen LogP contribution in [0, 0.1) is 5.92 Å². The molecule has 6 heteroatoms. The first-order valence-corrected chi connectivity index (χ1v) is 4.80. The normalized spacial score (nSPS) is 10.5. The van der Waals surface area contributed by atoms with Crippen LogP contribution in [0.5, 0.6) is 6.01 Å². The summed E-state index contributed by atoms with van der Waals surface area (Å²) in [5, 5.41) is 0. The maximum Gasteiger partial charge on any atom is 0.323 e. The fraction of sp³-hybridized carbons (Fsp3) is 0.667. The van der Waals surface area contributed by atoms with E-state index in [-0.39, 0.29) is 12.0 Å². The first-order valence-electron chi connectivity index (χ1n) is 4.80. The van der Waals surface area contributed by atoms with Crippen molar-refractivity contribution < 1.29 is 4.74 Å². The van der Waals surface area contributed by atoms with Gasteiger partial charge in [-0.1, -0.05) is 13.8 Å². The van der Waals surface area contributed by atoms with Gasteiger partial charge in [0.25, 0.3) is 0 Å². The third-order valence-electron chi connectivity index (χ3n) is 1.57. The molecule has 0 amide bonds. The molecule has 0 aromatic carbocycles. The Bertz CT molecular complexity index is 326. The molecule has 0 fully saturated rings. The van der Waals surface area contributed by atoms with Gasteiger partial charge in [0.2, 0.25) is 11.9 Å². The lowest BCUT2D eigenvalue weighted by Crippen LogP contribution is -2.16. The second-order valence-electron chi connectivity index (χ2n) is 3.88. The number of hydrogen-bond acceptors (Lipinski definition) is 6. The van der Waals surface area contributed by atoms with Gasteiger partial charge in [-0.05, 0) is 5.92 Å². The van der Waals surface area contributed by atoms with Crippen LogP contribution in [0.15, 0.2) is 0 Å². The smallest absolute Gasteiger partial charge is 0.323 e. The van der Waals surface area contributed by atoms with Gasteiger partial charge in [-0.15, -0.1) is 0 Å². The van der Waals surface area contributed by atoms with Crippen LogP contribution in [-0.4, -0.2) is 35.7 Å². The summed E-state index contributed by atoms with van der Waals surface area (Å²) in [7, 11) is 3.67. The van der Waals surface area contributed by atoms with Crippen LogP contribution in [0.2, 0.25) is 0 Å². The van der Waals surface area contributed by atoms with Gasteiger partial charge in [0.1, 0.15) is 0 Å². The van der Waals surface area contributed by atoms with E-state index in [1.54, 1.807) is 4.90 Å². The van der Waals surface area contributed by atoms with E-state index < -0.39 is 0 Å². The summed E-state index contributed by atoms with van der Waals surface area (Å²) < 4.78 is 5.37. The zero-order chi connectivity index (χ0) is 11.4. The van der Waals surface area contributed by atoms with Gasteiger partial charge in [-0.25, -0.2) is 0 Å². The van der Waals surface area contributed by atoms with Crippen molar-refractivity contribution in [2.24, 2.45) is 5.92 Å². The van der Waals surface area contributed by atoms with Gasteiger partial charge in [0.05, 0.1) is 6.61 Å². The minimum Gasteiger partial charge on any atom is -0.463 e. The van der Waals surface area contributed by atoms with E-state index in [0.717, 1.165) is 0 Å². The fourth-order valence-corrected chi connectivity index (χ4v) is 0.867. The highest BCUT2D eigenvalue weighted by Crippen LogP contribution is 2.11. The maximum absolute atomic E-state index is 5.53. The highest BCUT2D eigenvalue weighted by Gasteiger charge is 2.07. The molecule has 1 heterocycles. The van der Waals surface area contributed by atoms with Gasteiger partial charge in [0.15, 0.2) is 0 Å². The minimum atomic E-state index is 0.174. The molecule has 0 aliphatic carbocycles. The van der Waals surface area contributed by atoms with Crippen molar-refractivity contribution in [2.45, 2.75) is 13.8 Å². The Labute approximate surface area is 89.5 Å². The molecule has 15 heavy (non-hydrogen) atoms. The third-order valence-corrected chi connectivity index (χ3v) is 1.57. The van der Waals surface area contributed by atoms with Crippen molar-refractivity contribution in [1.82, 2.24) is 15.0 Å². The van der Waals surface area contributed by atoms with E-state index >= 15 is 0 Å². The molecule has 84 valence electrons. The molecule has 0 unspecified atom stereocenters. The summed E-state index contributed by atoms with van der Waals surface area (Å²) in [6, 6.07) is 0.278. The summed E-state index contributed by atoms with van der Waals surface area (Å²) in [5.41, 5.74) is 5.53. The maximum atomic E-state index is 5.53. The van der Waals surface area contributed by atoms with Crippen molar-refractivity contribution in [3.05, 3.63) is 0 Å². The second-order valence-corrected chi connectivity index (χ2v) is 3.88. The molecule has 0 atom stereocenters. The van der Waals surface area contributed by atoms with Crippen molar-refractivity contribution in [1.29, 1.82) is 0 Å². The molecule has 0 saturated heterocycles. The molecule has 0 aliphatic heterocycles. The molecule has 0 radical (unpaired) electrons. The number of anilines is 2. The SMILES string of the molecule is CC(C)COc1nc(N)nc(N(C)C)n1. The van der Waals surface area contributed by atoms with Gasteiger partial charge in [0, 0.05) is 14.1 Å². The Morgan fingerprint density at radius 2 is 1.93 bits per heavy atom. The van der Waals surface area contributed by atoms with Gasteiger partial charge < -0.3 is 15.4 Å². The topological polar surface area (TPSA) is 77.2 Å². The summed E-state index contributed by atoms with van der Waals surface area (Å²) in [6.07, 6.45) is 0. The molecule has 0 spiro atoms. The predicted octanol–water partition coefficient (Wildman–Crippen LogP) is 0.555. The van der Waals surface area contributed by atoms with Crippen molar-refractivity contribution in [3.63, 3.8) is 0 Å². The lowest BCUT2D eigenvalue weighted by molar-refractivity contribution is 0.251. The number of hydrogen-bond donors (Lipinski definition) is 1. The first-order chi connectivity index (χ1) is 6.99. The van der Waals surface area contributed by atoms with Gasteiger partial charge in [-0.3, -0.25) is 0 Å². The van der Waals surface area contributed by atoms with E-state index in [0.29, 0.717) is 18.5 Å². The molecule has 0 aliphatic rings. The Hall–Kier alpha value is -1.59. The van der Waals surface area contributed by atoms with Crippen LogP contribution in [0.3, 0.4) is 0 Å². The minimum absolute atomic E-state index is 0.174. The number of nitrogens with zero attached hydrogens (tertiary/aromatic N) is 4. The van der Waals surface area contributed by atoms with E-state index in [4.69, 9.17) is 10.5 Å². The molecular formula is C9H17N5O. The molecule has 0 saturated carbocycles.